The Morgan fingerprint density at radius 1 is 0.952 bits per heavy atom. The number of hydrogen-bond acceptors (Lipinski definition) is 7. The molecule has 11 heteroatoms. The topological polar surface area (TPSA) is 145 Å². The number of nitrogens with one attached hydrogen (secondary N) is 2. The molecule has 1 aliphatic heterocycles. The van der Waals surface area contributed by atoms with Gasteiger partial charge in [0, 0.05) is 43.5 Å². The van der Waals surface area contributed by atoms with Crippen molar-refractivity contribution < 1.29 is 33.4 Å². The lowest BCUT2D eigenvalue weighted by Crippen LogP contribution is -2.52. The fourth-order valence-electron chi connectivity index (χ4n) is 4.84. The van der Waals surface area contributed by atoms with Crippen LogP contribution in [0.2, 0.25) is 0 Å². The maximum absolute atomic E-state index is 13.3. The minimum absolute atomic E-state index is 0.0375. The molecule has 1 fully saturated rings. The summed E-state index contributed by atoms with van der Waals surface area (Å²) in [4.78, 5) is 57.3. The number of hydrogen-bond donors (Lipinski definition) is 3. The number of aromatic hydroxyl groups is 1. The van der Waals surface area contributed by atoms with Crippen LogP contribution in [-0.4, -0.2) is 75.4 Å². The van der Waals surface area contributed by atoms with Gasteiger partial charge in [-0.05, 0) is 57.2 Å². The highest BCUT2D eigenvalue weighted by molar-refractivity contribution is 6.45. The summed E-state index contributed by atoms with van der Waals surface area (Å²) in [5.41, 5.74) is 0.962. The quantitative estimate of drug-likeness (QED) is 0.230. The number of nitrogens with zero attached hydrogens (tertiary/aromatic N) is 2. The zero-order valence-corrected chi connectivity index (χ0v) is 23.6. The summed E-state index contributed by atoms with van der Waals surface area (Å²) in [6.45, 7) is 6.46. The average molecular weight is 573 g/mol. The molecule has 3 amide bonds. The zero-order valence-electron chi connectivity index (χ0n) is 23.6. The lowest BCUT2D eigenvalue weighted by atomic mass is 10.0. The van der Waals surface area contributed by atoms with Crippen molar-refractivity contribution in [2.75, 3.05) is 26.2 Å². The van der Waals surface area contributed by atoms with Gasteiger partial charge in [-0.3, -0.25) is 14.4 Å². The Labute approximate surface area is 242 Å². The smallest absolute Gasteiger partial charge is 0.408 e. The minimum atomic E-state index is -0.766. The van der Waals surface area contributed by atoms with Gasteiger partial charge in [0.2, 0.25) is 0 Å². The van der Waals surface area contributed by atoms with E-state index in [0.29, 0.717) is 41.3 Å². The second-order valence-corrected chi connectivity index (χ2v) is 11.0. The maximum atomic E-state index is 13.3. The van der Waals surface area contributed by atoms with E-state index in [2.05, 4.69) is 10.3 Å². The molecule has 1 saturated heterocycles. The summed E-state index contributed by atoms with van der Waals surface area (Å²) in [7, 11) is 0. The molecule has 0 atom stereocenters. The number of Topliss-reactive ketones (excluding diaryl/α,β-unsaturated/α-hetero) is 1. The van der Waals surface area contributed by atoms with E-state index in [9.17, 15) is 24.3 Å². The molecule has 0 aliphatic carbocycles. The molecular formula is C31H32N4O7. The number of benzene rings is 2. The van der Waals surface area contributed by atoms with Gasteiger partial charge in [-0.2, -0.15) is 0 Å². The fraction of sp³-hybridized carbons (Fsp3) is 0.290. The van der Waals surface area contributed by atoms with E-state index < -0.39 is 23.4 Å². The summed E-state index contributed by atoms with van der Waals surface area (Å²) in [6.07, 6.45) is 0.825. The number of aromatic nitrogens is 1. The van der Waals surface area contributed by atoms with E-state index in [0.717, 1.165) is 0 Å². The van der Waals surface area contributed by atoms with E-state index in [1.54, 1.807) is 68.1 Å². The Morgan fingerprint density at radius 2 is 1.64 bits per heavy atom. The average Bonchev–Trinajstić information content (AvgIpc) is 3.63. The van der Waals surface area contributed by atoms with E-state index in [1.165, 1.54) is 17.2 Å². The summed E-state index contributed by atoms with van der Waals surface area (Å²) in [5.74, 6) is -0.848. The van der Waals surface area contributed by atoms with E-state index in [-0.39, 0.29) is 42.2 Å². The van der Waals surface area contributed by atoms with Gasteiger partial charge >= 0.3 is 6.09 Å². The highest BCUT2D eigenvalue weighted by atomic mass is 16.6. The number of furan rings is 1. The number of ether oxygens (including phenoxy) is 1. The normalized spacial score (nSPS) is 13.7. The van der Waals surface area contributed by atoms with Crippen LogP contribution >= 0.6 is 0 Å². The van der Waals surface area contributed by atoms with E-state index in [4.69, 9.17) is 9.15 Å². The molecule has 11 nitrogen and oxygen atoms in total. The number of phenolic OH excluding ortho intramolecular Hbond substituents is 1. The standard InChI is InChI=1S/C31H32N4O7/c1-31(2,3)42-30(40)33-17-20-9-12-24(41-20)21-10-11-23(36)25-22(18-32-26(21)25)27(37)29(39)35-15-13-34(14-16-35)28(38)19-7-5-4-6-8-19/h4-12,18,32,36H,13-17H2,1-3H3,(H,33,40). The number of carbonyl (C=O) groups is 4. The first kappa shape index (κ1) is 28.5. The van der Waals surface area contributed by atoms with Crippen LogP contribution in [-0.2, 0) is 16.1 Å². The number of amides is 3. The number of aromatic amines is 1. The molecule has 1 aliphatic rings. The monoisotopic (exact) mass is 572 g/mol. The molecule has 0 saturated carbocycles. The van der Waals surface area contributed by atoms with Crippen LogP contribution in [0, 0.1) is 0 Å². The van der Waals surface area contributed by atoms with Crippen molar-refractivity contribution in [3.8, 4) is 17.1 Å². The molecule has 3 N–H and O–H groups in total. The second-order valence-electron chi connectivity index (χ2n) is 11.0. The third-order valence-corrected chi connectivity index (χ3v) is 6.86. The van der Waals surface area contributed by atoms with Gasteiger partial charge in [-0.15, -0.1) is 0 Å². The van der Waals surface area contributed by atoms with Crippen molar-refractivity contribution in [3.05, 3.63) is 77.7 Å². The van der Waals surface area contributed by atoms with Crippen LogP contribution in [0.25, 0.3) is 22.2 Å². The molecule has 0 bridgehead atoms. The van der Waals surface area contributed by atoms with Crippen molar-refractivity contribution in [1.29, 1.82) is 0 Å². The van der Waals surface area contributed by atoms with Crippen molar-refractivity contribution in [1.82, 2.24) is 20.1 Å². The molecular weight excluding hydrogens is 540 g/mol. The minimum Gasteiger partial charge on any atom is -0.507 e. The largest absolute Gasteiger partial charge is 0.507 e. The van der Waals surface area contributed by atoms with Crippen LogP contribution in [0.5, 0.6) is 5.75 Å². The first-order chi connectivity index (χ1) is 20.0. The SMILES string of the molecule is CC(C)(C)OC(=O)NCc1ccc(-c2ccc(O)c3c(C(=O)C(=O)N4CCN(C(=O)c5ccccc5)CC4)c[nH]c23)o1. The Balaban J connectivity index is 1.28. The van der Waals surface area contributed by atoms with Crippen molar-refractivity contribution in [2.24, 2.45) is 0 Å². The van der Waals surface area contributed by atoms with Gasteiger partial charge in [0.1, 0.15) is 22.9 Å². The van der Waals surface area contributed by atoms with Gasteiger partial charge in [0.05, 0.1) is 23.0 Å². The Hall–Kier alpha value is -5.06. The fourth-order valence-corrected chi connectivity index (χ4v) is 4.84. The second kappa shape index (κ2) is 11.4. The van der Waals surface area contributed by atoms with Crippen LogP contribution in [0.4, 0.5) is 4.79 Å². The van der Waals surface area contributed by atoms with Gasteiger partial charge in [-0.1, -0.05) is 18.2 Å². The molecule has 2 aromatic heterocycles. The maximum Gasteiger partial charge on any atom is 0.408 e. The molecule has 0 unspecified atom stereocenters. The third-order valence-electron chi connectivity index (χ3n) is 6.86. The number of H-pyrrole nitrogens is 1. The number of rotatable bonds is 6. The zero-order chi connectivity index (χ0) is 30.0. The number of fused-ring (bicyclic) bond motifs is 1. The number of phenols is 1. The predicted molar refractivity (Wildman–Crippen MR) is 154 cm³/mol. The van der Waals surface area contributed by atoms with E-state index in [1.807, 2.05) is 6.07 Å². The van der Waals surface area contributed by atoms with Gasteiger partial charge < -0.3 is 34.4 Å². The van der Waals surface area contributed by atoms with Crippen molar-refractivity contribution in [2.45, 2.75) is 32.9 Å². The van der Waals surface area contributed by atoms with E-state index >= 15 is 0 Å². The lowest BCUT2D eigenvalue weighted by Gasteiger charge is -2.34. The summed E-state index contributed by atoms with van der Waals surface area (Å²) < 4.78 is 11.1. The summed E-state index contributed by atoms with van der Waals surface area (Å²) >= 11 is 0. The molecule has 218 valence electrons. The molecule has 3 heterocycles. The number of ketones is 1. The van der Waals surface area contributed by atoms with Gasteiger partial charge in [-0.25, -0.2) is 4.79 Å². The predicted octanol–water partition coefficient (Wildman–Crippen LogP) is 4.33. The molecule has 2 aromatic carbocycles. The van der Waals surface area contributed by atoms with Crippen molar-refractivity contribution >= 4 is 34.6 Å². The summed E-state index contributed by atoms with van der Waals surface area (Å²) in [6, 6.07) is 15.4. The number of piperazine rings is 1. The van der Waals surface area contributed by atoms with Crippen molar-refractivity contribution in [3.63, 3.8) is 0 Å². The molecule has 4 aromatic rings. The Bertz CT molecular complexity index is 1640. The molecule has 0 radical (unpaired) electrons. The van der Waals surface area contributed by atoms with Gasteiger partial charge in [0.15, 0.2) is 0 Å². The Kier molecular flexibility index (Phi) is 7.75. The van der Waals surface area contributed by atoms with Crippen LogP contribution < -0.4 is 5.32 Å². The molecule has 42 heavy (non-hydrogen) atoms. The van der Waals surface area contributed by atoms with Crippen LogP contribution in [0.1, 0.15) is 47.2 Å². The first-order valence-corrected chi connectivity index (χ1v) is 13.6. The lowest BCUT2D eigenvalue weighted by molar-refractivity contribution is -0.127. The summed E-state index contributed by atoms with van der Waals surface area (Å²) in [5, 5.41) is 13.5. The molecule has 5 rings (SSSR count). The number of carbonyl (C=O) groups excluding carboxylic acids is 4. The Morgan fingerprint density at radius 3 is 2.33 bits per heavy atom. The molecule has 0 spiro atoms. The van der Waals surface area contributed by atoms with Crippen LogP contribution in [0.15, 0.2) is 65.2 Å². The highest BCUT2D eigenvalue weighted by Gasteiger charge is 2.31. The third kappa shape index (κ3) is 5.99. The van der Waals surface area contributed by atoms with Crippen LogP contribution in [0.3, 0.4) is 0 Å². The highest BCUT2D eigenvalue weighted by Crippen LogP contribution is 2.36. The first-order valence-electron chi connectivity index (χ1n) is 13.6. The van der Waals surface area contributed by atoms with Gasteiger partial charge in [0.25, 0.3) is 17.6 Å². The number of alkyl carbamates (subject to hydrolysis) is 1.